The van der Waals surface area contributed by atoms with Crippen molar-refractivity contribution >= 4 is 23.2 Å². The van der Waals surface area contributed by atoms with Crippen molar-refractivity contribution in [3.63, 3.8) is 0 Å². The molecule has 0 amide bonds. The first-order valence-electron chi connectivity index (χ1n) is 7.68. The Hall–Kier alpha value is -1.06. The van der Waals surface area contributed by atoms with E-state index in [2.05, 4.69) is 35.6 Å². The Morgan fingerprint density at radius 2 is 1.77 bits per heavy atom. The van der Waals surface area contributed by atoms with Gasteiger partial charge in [-0.25, -0.2) is 0 Å². The predicted molar refractivity (Wildman–Crippen MR) is 93.8 cm³/mol. The lowest BCUT2D eigenvalue weighted by atomic mass is 9.77. The van der Waals surface area contributed by atoms with Gasteiger partial charge in [0.2, 0.25) is 0 Å². The normalized spacial score (nSPS) is 20.7. The second kappa shape index (κ2) is 7.01. The lowest BCUT2D eigenvalue weighted by Gasteiger charge is -2.32. The van der Waals surface area contributed by atoms with Gasteiger partial charge in [-0.3, -0.25) is 0 Å². The van der Waals surface area contributed by atoms with Crippen LogP contribution in [-0.4, -0.2) is 13.1 Å². The molecule has 2 nitrogen and oxygen atoms in total. The Balaban J connectivity index is 1.95. The van der Waals surface area contributed by atoms with E-state index >= 15 is 0 Å². The van der Waals surface area contributed by atoms with Gasteiger partial charge >= 0.3 is 0 Å². The molecule has 0 spiro atoms. The molecule has 22 heavy (non-hydrogen) atoms. The van der Waals surface area contributed by atoms with Crippen LogP contribution in [0.25, 0.3) is 0 Å². The summed E-state index contributed by atoms with van der Waals surface area (Å²) in [5.74, 6) is 0.377. The molecular formula is C18H20Cl2N2. The molecule has 2 aromatic carbocycles. The molecule has 2 aromatic rings. The van der Waals surface area contributed by atoms with E-state index in [4.69, 9.17) is 28.9 Å². The fraction of sp³-hybridized carbons (Fsp3) is 0.333. The Morgan fingerprint density at radius 1 is 1.00 bits per heavy atom. The van der Waals surface area contributed by atoms with E-state index in [0.717, 1.165) is 19.4 Å². The minimum Gasteiger partial charge on any atom is -0.329 e. The maximum atomic E-state index is 6.20. The fourth-order valence-electron chi connectivity index (χ4n) is 3.33. The van der Waals surface area contributed by atoms with Crippen LogP contribution in [0.4, 0.5) is 0 Å². The third kappa shape index (κ3) is 3.16. The average molecular weight is 335 g/mol. The average Bonchev–Trinajstić information content (AvgIpc) is 2.55. The number of nitrogens with two attached hydrogens (primary N) is 1. The third-order valence-electron chi connectivity index (χ3n) is 4.37. The van der Waals surface area contributed by atoms with Gasteiger partial charge in [-0.2, -0.15) is 0 Å². The summed E-state index contributed by atoms with van der Waals surface area (Å²) >= 11 is 12.2. The summed E-state index contributed by atoms with van der Waals surface area (Å²) in [5, 5.41) is 4.78. The van der Waals surface area contributed by atoms with Crippen molar-refractivity contribution in [1.29, 1.82) is 0 Å². The van der Waals surface area contributed by atoms with Gasteiger partial charge in [0.1, 0.15) is 0 Å². The predicted octanol–water partition coefficient (Wildman–Crippen LogP) is 4.51. The number of halogens is 2. The smallest absolute Gasteiger partial charge is 0.0595 e. The highest BCUT2D eigenvalue weighted by Crippen LogP contribution is 2.42. The van der Waals surface area contributed by atoms with E-state index in [0.29, 0.717) is 28.5 Å². The van der Waals surface area contributed by atoms with E-state index in [1.165, 1.54) is 16.7 Å². The zero-order chi connectivity index (χ0) is 15.5. The van der Waals surface area contributed by atoms with Gasteiger partial charge in [-0.1, -0.05) is 53.5 Å². The van der Waals surface area contributed by atoms with Crippen molar-refractivity contribution in [1.82, 2.24) is 5.32 Å². The highest BCUT2D eigenvalue weighted by atomic mass is 35.5. The molecule has 0 radical (unpaired) electrons. The molecule has 1 aliphatic rings. The molecule has 0 fully saturated rings. The van der Waals surface area contributed by atoms with Crippen molar-refractivity contribution in [3.05, 3.63) is 69.2 Å². The third-order valence-corrected chi connectivity index (χ3v) is 5.11. The molecular weight excluding hydrogens is 315 g/mol. The van der Waals surface area contributed by atoms with Crippen LogP contribution in [0.1, 0.15) is 41.5 Å². The molecule has 3 N–H and O–H groups in total. The zero-order valence-corrected chi connectivity index (χ0v) is 13.9. The van der Waals surface area contributed by atoms with Crippen molar-refractivity contribution in [2.75, 3.05) is 13.1 Å². The monoisotopic (exact) mass is 334 g/mol. The van der Waals surface area contributed by atoms with Crippen molar-refractivity contribution in [2.24, 2.45) is 5.73 Å². The van der Waals surface area contributed by atoms with E-state index < -0.39 is 0 Å². The molecule has 0 aliphatic heterocycles. The maximum Gasteiger partial charge on any atom is 0.0595 e. The second-order valence-corrected chi connectivity index (χ2v) is 6.54. The Labute approximate surface area is 141 Å². The van der Waals surface area contributed by atoms with Crippen LogP contribution in [-0.2, 0) is 0 Å². The lowest BCUT2D eigenvalue weighted by Crippen LogP contribution is -2.30. The first kappa shape index (κ1) is 15.8. The summed E-state index contributed by atoms with van der Waals surface area (Å²) < 4.78 is 0. The van der Waals surface area contributed by atoms with Crippen LogP contribution in [0.5, 0.6) is 0 Å². The molecule has 0 unspecified atom stereocenters. The van der Waals surface area contributed by atoms with Crippen molar-refractivity contribution in [2.45, 2.75) is 24.8 Å². The summed E-state index contributed by atoms with van der Waals surface area (Å²) in [5.41, 5.74) is 9.61. The van der Waals surface area contributed by atoms with Crippen LogP contribution in [0.3, 0.4) is 0 Å². The first-order valence-corrected chi connectivity index (χ1v) is 8.43. The summed E-state index contributed by atoms with van der Waals surface area (Å²) in [7, 11) is 0. The molecule has 2 atom stereocenters. The number of fused-ring (bicyclic) bond motifs is 1. The lowest BCUT2D eigenvalue weighted by molar-refractivity contribution is 0.445. The minimum atomic E-state index is 0.377. The second-order valence-electron chi connectivity index (χ2n) is 5.73. The van der Waals surface area contributed by atoms with Gasteiger partial charge in [0.05, 0.1) is 10.0 Å². The van der Waals surface area contributed by atoms with Gasteiger partial charge in [-0.15, -0.1) is 0 Å². The highest BCUT2D eigenvalue weighted by molar-refractivity contribution is 6.42. The molecule has 3 rings (SSSR count). The molecule has 4 heteroatoms. The van der Waals surface area contributed by atoms with Gasteiger partial charge in [0, 0.05) is 25.0 Å². The van der Waals surface area contributed by atoms with Crippen LogP contribution in [0.2, 0.25) is 10.0 Å². The number of nitrogens with one attached hydrogen (secondary N) is 1. The van der Waals surface area contributed by atoms with Crippen molar-refractivity contribution in [3.8, 4) is 0 Å². The van der Waals surface area contributed by atoms with Crippen LogP contribution < -0.4 is 11.1 Å². The van der Waals surface area contributed by atoms with Crippen LogP contribution in [0.15, 0.2) is 42.5 Å². The Bertz CT molecular complexity index is 657. The number of benzene rings is 2. The summed E-state index contributed by atoms with van der Waals surface area (Å²) in [6.07, 6.45) is 2.19. The van der Waals surface area contributed by atoms with Gasteiger partial charge in [0.15, 0.2) is 0 Å². The van der Waals surface area contributed by atoms with E-state index in [9.17, 15) is 0 Å². The van der Waals surface area contributed by atoms with Crippen LogP contribution in [0, 0.1) is 0 Å². The molecule has 0 aromatic heterocycles. The molecule has 1 aliphatic carbocycles. The number of hydrogen-bond acceptors (Lipinski definition) is 2. The Kier molecular flexibility index (Phi) is 5.04. The van der Waals surface area contributed by atoms with Crippen molar-refractivity contribution < 1.29 is 0 Å². The van der Waals surface area contributed by atoms with Gasteiger partial charge in [0.25, 0.3) is 0 Å². The fourth-order valence-corrected chi connectivity index (χ4v) is 3.64. The largest absolute Gasteiger partial charge is 0.329 e. The molecule has 0 saturated carbocycles. The van der Waals surface area contributed by atoms with E-state index in [-0.39, 0.29) is 0 Å². The quantitative estimate of drug-likeness (QED) is 0.863. The molecule has 116 valence electrons. The Morgan fingerprint density at radius 3 is 2.50 bits per heavy atom. The standard InChI is InChI=1S/C18H20Cl2N2/c19-16-7-5-12(11-17(16)20)13-6-8-18(22-10-9-21)15-4-2-1-3-14(13)15/h1-5,7,11,13,18,22H,6,8-10,21H2/t13-,18+/m0/s1. The maximum absolute atomic E-state index is 6.20. The molecule has 0 heterocycles. The molecule has 0 bridgehead atoms. The topological polar surface area (TPSA) is 38.0 Å². The number of hydrogen-bond donors (Lipinski definition) is 2. The SMILES string of the molecule is NCCN[C@@H]1CC[C@@H](c2ccc(Cl)c(Cl)c2)c2ccccc21. The first-order chi connectivity index (χ1) is 10.7. The van der Waals surface area contributed by atoms with Gasteiger partial charge in [-0.05, 0) is 41.7 Å². The van der Waals surface area contributed by atoms with Crippen LogP contribution >= 0.6 is 23.2 Å². The summed E-state index contributed by atoms with van der Waals surface area (Å²) in [4.78, 5) is 0. The zero-order valence-electron chi connectivity index (χ0n) is 12.4. The summed E-state index contributed by atoms with van der Waals surface area (Å²) in [6.45, 7) is 1.51. The number of rotatable bonds is 4. The van der Waals surface area contributed by atoms with E-state index in [1.54, 1.807) is 0 Å². The highest BCUT2D eigenvalue weighted by Gasteiger charge is 2.27. The minimum absolute atomic E-state index is 0.377. The molecule has 0 saturated heterocycles. The van der Waals surface area contributed by atoms with Gasteiger partial charge < -0.3 is 11.1 Å². The summed E-state index contributed by atoms with van der Waals surface area (Å²) in [6, 6.07) is 15.0. The van der Waals surface area contributed by atoms with E-state index in [1.807, 2.05) is 12.1 Å².